The fraction of sp³-hybridized carbons (Fsp3) is 0.600. The van der Waals surface area contributed by atoms with Crippen molar-refractivity contribution in [3.8, 4) is 0 Å². The summed E-state index contributed by atoms with van der Waals surface area (Å²) in [6, 6.07) is 4.39. The maximum atomic E-state index is 14.5. The second-order valence-electron chi connectivity index (χ2n) is 7.97. The van der Waals surface area contributed by atoms with Gasteiger partial charge < -0.3 is 10.6 Å². The number of fused-ring (bicyclic) bond motifs is 2. The van der Waals surface area contributed by atoms with Crippen molar-refractivity contribution < 1.29 is 18.4 Å². The Kier molecular flexibility index (Phi) is 4.88. The van der Waals surface area contributed by atoms with Gasteiger partial charge in [0.05, 0.1) is 6.04 Å². The first-order chi connectivity index (χ1) is 13.0. The lowest BCUT2D eigenvalue weighted by molar-refractivity contribution is -0.136. The highest BCUT2D eigenvalue weighted by Gasteiger charge is 2.54. The number of amides is 2. The van der Waals surface area contributed by atoms with Gasteiger partial charge in [0, 0.05) is 31.3 Å². The van der Waals surface area contributed by atoms with Gasteiger partial charge in [-0.05, 0) is 49.9 Å². The van der Waals surface area contributed by atoms with Crippen molar-refractivity contribution in [1.82, 2.24) is 9.80 Å². The van der Waals surface area contributed by atoms with E-state index < -0.39 is 17.5 Å². The van der Waals surface area contributed by atoms with Crippen LogP contribution in [0.4, 0.5) is 8.78 Å². The molecule has 5 nitrogen and oxygen atoms in total. The van der Waals surface area contributed by atoms with E-state index in [1.165, 1.54) is 6.07 Å². The summed E-state index contributed by atoms with van der Waals surface area (Å²) in [7, 11) is 0. The van der Waals surface area contributed by atoms with Gasteiger partial charge in [-0.15, -0.1) is 0 Å². The van der Waals surface area contributed by atoms with E-state index in [2.05, 4.69) is 4.90 Å². The van der Waals surface area contributed by atoms with E-state index in [-0.39, 0.29) is 36.8 Å². The molecule has 3 atom stereocenters. The molecule has 0 aromatic heterocycles. The fourth-order valence-corrected chi connectivity index (χ4v) is 5.34. The highest BCUT2D eigenvalue weighted by molar-refractivity contribution is 5.79. The number of halogens is 2. The van der Waals surface area contributed by atoms with Crippen LogP contribution in [-0.4, -0.2) is 53.3 Å². The minimum Gasteiger partial charge on any atom is -0.370 e. The molecule has 4 saturated heterocycles. The lowest BCUT2D eigenvalue weighted by Gasteiger charge is -2.51. The van der Waals surface area contributed by atoms with Crippen molar-refractivity contribution in [3.63, 3.8) is 0 Å². The van der Waals surface area contributed by atoms with E-state index in [1.807, 2.05) is 4.90 Å². The van der Waals surface area contributed by atoms with E-state index in [0.717, 1.165) is 32.0 Å². The molecule has 27 heavy (non-hydrogen) atoms. The summed E-state index contributed by atoms with van der Waals surface area (Å²) in [6.07, 6.45) is 2.94. The predicted octanol–water partition coefficient (Wildman–Crippen LogP) is 2.01. The molecule has 4 aliphatic heterocycles. The number of rotatable bonds is 5. The fourth-order valence-electron chi connectivity index (χ4n) is 5.34. The van der Waals surface area contributed by atoms with E-state index in [0.29, 0.717) is 24.4 Å². The number of nitrogens with two attached hydrogens (primary N) is 1. The molecule has 5 rings (SSSR count). The molecule has 0 spiro atoms. The summed E-state index contributed by atoms with van der Waals surface area (Å²) in [6.45, 7) is 2.30. The average molecular weight is 377 g/mol. The van der Waals surface area contributed by atoms with E-state index in [4.69, 9.17) is 5.73 Å². The third-order valence-electron chi connectivity index (χ3n) is 6.51. The molecule has 4 heterocycles. The SMILES string of the molecule is NC(=O)CCCC(=O)N1C[C@H](c2cccc(F)c2F)[C@@H]2[C@H]1C1CCN2CC1. The number of benzene rings is 1. The molecule has 7 heteroatoms. The molecule has 2 amide bonds. The van der Waals surface area contributed by atoms with Gasteiger partial charge >= 0.3 is 0 Å². The average Bonchev–Trinajstić information content (AvgIpc) is 3.07. The number of nitrogens with zero attached hydrogens (tertiary/aromatic N) is 2. The molecule has 4 aliphatic rings. The Hall–Kier alpha value is -2.02. The van der Waals surface area contributed by atoms with Crippen LogP contribution in [0.1, 0.15) is 43.6 Å². The van der Waals surface area contributed by atoms with Crippen LogP contribution in [0.15, 0.2) is 18.2 Å². The molecule has 1 aromatic carbocycles. The highest BCUT2D eigenvalue weighted by Crippen LogP contribution is 2.47. The third-order valence-corrected chi connectivity index (χ3v) is 6.51. The smallest absolute Gasteiger partial charge is 0.222 e. The van der Waals surface area contributed by atoms with E-state index in [9.17, 15) is 18.4 Å². The van der Waals surface area contributed by atoms with Gasteiger partial charge in [-0.2, -0.15) is 0 Å². The quantitative estimate of drug-likeness (QED) is 0.854. The summed E-state index contributed by atoms with van der Waals surface area (Å²) in [4.78, 5) is 28.0. The maximum absolute atomic E-state index is 14.5. The lowest BCUT2D eigenvalue weighted by Crippen LogP contribution is -2.60. The zero-order chi connectivity index (χ0) is 19.1. The standard InChI is InChI=1S/C20H25F2N3O2/c21-15-4-1-3-13(18(15)22)14-11-25(17(27)6-2-5-16(23)26)19-12-7-9-24(10-8-12)20(14)19/h1,3-4,12,14,19-20H,2,5-11H2,(H2,23,26)/t14-,19-,20-/m1/s1. The minimum atomic E-state index is -0.841. The zero-order valence-corrected chi connectivity index (χ0v) is 15.2. The molecule has 2 bridgehead atoms. The topological polar surface area (TPSA) is 66.6 Å². The molecule has 2 N–H and O–H groups in total. The van der Waals surface area contributed by atoms with Crippen LogP contribution in [0, 0.1) is 17.6 Å². The first kappa shape index (κ1) is 18.3. The normalized spacial score (nSPS) is 31.8. The number of piperidine rings is 3. The molecule has 1 aromatic rings. The summed E-state index contributed by atoms with van der Waals surface area (Å²) in [5.74, 6) is -1.89. The molecular formula is C20H25F2N3O2. The number of hydrogen-bond acceptors (Lipinski definition) is 3. The van der Waals surface area contributed by atoms with Crippen LogP contribution in [0.25, 0.3) is 0 Å². The van der Waals surface area contributed by atoms with E-state index >= 15 is 0 Å². The Bertz CT molecular complexity index is 749. The van der Waals surface area contributed by atoms with Crippen LogP contribution in [-0.2, 0) is 9.59 Å². The van der Waals surface area contributed by atoms with Crippen molar-refractivity contribution in [1.29, 1.82) is 0 Å². The Balaban J connectivity index is 1.61. The van der Waals surface area contributed by atoms with Crippen molar-refractivity contribution in [2.24, 2.45) is 11.7 Å². The monoisotopic (exact) mass is 377 g/mol. The van der Waals surface area contributed by atoms with Crippen molar-refractivity contribution in [2.45, 2.75) is 50.1 Å². The Morgan fingerprint density at radius 1 is 1.11 bits per heavy atom. The van der Waals surface area contributed by atoms with Gasteiger partial charge in [0.15, 0.2) is 11.6 Å². The van der Waals surface area contributed by atoms with Crippen LogP contribution in [0.2, 0.25) is 0 Å². The first-order valence-corrected chi connectivity index (χ1v) is 9.73. The largest absolute Gasteiger partial charge is 0.370 e. The molecule has 0 radical (unpaired) electrons. The zero-order valence-electron chi connectivity index (χ0n) is 15.2. The predicted molar refractivity (Wildman–Crippen MR) is 95.7 cm³/mol. The Morgan fingerprint density at radius 3 is 2.56 bits per heavy atom. The number of primary amides is 1. The molecule has 4 fully saturated rings. The van der Waals surface area contributed by atoms with Gasteiger partial charge in [0.1, 0.15) is 0 Å². The van der Waals surface area contributed by atoms with Gasteiger partial charge in [-0.25, -0.2) is 8.78 Å². The number of likely N-dealkylation sites (tertiary alicyclic amines) is 1. The van der Waals surface area contributed by atoms with E-state index in [1.54, 1.807) is 6.07 Å². The molecule has 0 aliphatic carbocycles. The number of carbonyl (C=O) groups excluding carboxylic acids is 2. The third kappa shape index (κ3) is 3.22. The second kappa shape index (κ2) is 7.19. The highest BCUT2D eigenvalue weighted by atomic mass is 19.2. The van der Waals surface area contributed by atoms with Gasteiger partial charge in [-0.3, -0.25) is 14.5 Å². The van der Waals surface area contributed by atoms with Crippen LogP contribution >= 0.6 is 0 Å². The molecule has 0 saturated carbocycles. The van der Waals surface area contributed by atoms with Crippen LogP contribution < -0.4 is 5.73 Å². The van der Waals surface area contributed by atoms with Crippen molar-refractivity contribution in [2.75, 3.05) is 19.6 Å². The first-order valence-electron chi connectivity index (χ1n) is 9.73. The molecule has 0 unspecified atom stereocenters. The lowest BCUT2D eigenvalue weighted by atomic mass is 9.75. The van der Waals surface area contributed by atoms with Gasteiger partial charge in [0.2, 0.25) is 11.8 Å². The number of carbonyl (C=O) groups is 2. The molecular weight excluding hydrogens is 352 g/mol. The summed E-state index contributed by atoms with van der Waals surface area (Å²) in [5.41, 5.74) is 5.53. The Labute approximate surface area is 157 Å². The van der Waals surface area contributed by atoms with Gasteiger partial charge in [0.25, 0.3) is 0 Å². The summed E-state index contributed by atoms with van der Waals surface area (Å²) >= 11 is 0. The maximum Gasteiger partial charge on any atom is 0.222 e. The summed E-state index contributed by atoms with van der Waals surface area (Å²) in [5, 5.41) is 0. The van der Waals surface area contributed by atoms with Crippen molar-refractivity contribution in [3.05, 3.63) is 35.4 Å². The molecule has 146 valence electrons. The van der Waals surface area contributed by atoms with Crippen LogP contribution in [0.3, 0.4) is 0 Å². The second-order valence-corrected chi connectivity index (χ2v) is 7.97. The number of hydrogen-bond donors (Lipinski definition) is 1. The summed E-state index contributed by atoms with van der Waals surface area (Å²) < 4.78 is 28.4. The minimum absolute atomic E-state index is 0.0145. The van der Waals surface area contributed by atoms with Crippen molar-refractivity contribution >= 4 is 11.8 Å². The Morgan fingerprint density at radius 2 is 1.85 bits per heavy atom. The van der Waals surface area contributed by atoms with Gasteiger partial charge in [-0.1, -0.05) is 12.1 Å². The van der Waals surface area contributed by atoms with Crippen LogP contribution in [0.5, 0.6) is 0 Å².